The number of hydrogen-bond acceptors (Lipinski definition) is 3. The molecule has 1 atom stereocenters. The molecule has 22 heavy (non-hydrogen) atoms. The summed E-state index contributed by atoms with van der Waals surface area (Å²) >= 11 is 0. The molecule has 1 rings (SSSR count). The summed E-state index contributed by atoms with van der Waals surface area (Å²) in [7, 11) is 0. The van der Waals surface area contributed by atoms with Crippen LogP contribution in [0.5, 0.6) is 0 Å². The average molecular weight is 306 g/mol. The fourth-order valence-corrected chi connectivity index (χ4v) is 1.92. The summed E-state index contributed by atoms with van der Waals surface area (Å²) in [6.07, 6.45) is 0.448. The molecule has 3 N–H and O–H groups in total. The van der Waals surface area contributed by atoms with E-state index in [0.29, 0.717) is 12.0 Å². The maximum Gasteiger partial charge on any atom is 0.330 e. The van der Waals surface area contributed by atoms with Crippen LogP contribution in [-0.2, 0) is 14.4 Å². The minimum absolute atomic E-state index is 0.0421. The van der Waals surface area contributed by atoms with E-state index in [0.717, 1.165) is 0 Å². The van der Waals surface area contributed by atoms with Gasteiger partial charge in [0.2, 0.25) is 11.8 Å². The molecule has 0 aliphatic rings. The van der Waals surface area contributed by atoms with E-state index in [1.807, 2.05) is 13.8 Å². The quantitative estimate of drug-likeness (QED) is 0.678. The number of aliphatic carboxylic acids is 1. The standard InChI is InChI=1S/C16H22N2O4/c1-11(2)10-14(20)17-9-8-13(19)18-15(16(21)22)12-6-4-3-5-7-12/h3-7,11,15H,8-10H2,1-2H3,(H,17,20)(H,18,19)(H,21,22)/t15-/m0/s1. The van der Waals surface area contributed by atoms with Crippen LogP contribution in [-0.4, -0.2) is 29.4 Å². The first-order valence-electron chi connectivity index (χ1n) is 7.24. The molecule has 1 aromatic rings. The first-order chi connectivity index (χ1) is 10.4. The maximum atomic E-state index is 11.8. The Balaban J connectivity index is 2.45. The van der Waals surface area contributed by atoms with Gasteiger partial charge in [-0.2, -0.15) is 0 Å². The van der Waals surface area contributed by atoms with E-state index in [-0.39, 0.29) is 24.8 Å². The Kier molecular flexibility index (Phi) is 7.08. The first-order valence-corrected chi connectivity index (χ1v) is 7.24. The third kappa shape index (κ3) is 6.39. The van der Waals surface area contributed by atoms with Gasteiger partial charge in [0.25, 0.3) is 0 Å². The van der Waals surface area contributed by atoms with Gasteiger partial charge in [0.05, 0.1) is 0 Å². The highest BCUT2D eigenvalue weighted by molar-refractivity contribution is 5.85. The van der Waals surface area contributed by atoms with Gasteiger partial charge in [0.1, 0.15) is 0 Å². The predicted molar refractivity (Wildman–Crippen MR) is 82.0 cm³/mol. The SMILES string of the molecule is CC(C)CC(=O)NCCC(=O)N[C@H](C(=O)O)c1ccccc1. The number of amides is 2. The number of nitrogens with one attached hydrogen (secondary N) is 2. The lowest BCUT2D eigenvalue weighted by molar-refractivity contribution is -0.142. The zero-order valence-electron chi connectivity index (χ0n) is 12.8. The van der Waals surface area contributed by atoms with Crippen LogP contribution in [0.25, 0.3) is 0 Å². The van der Waals surface area contributed by atoms with E-state index in [9.17, 15) is 19.5 Å². The Morgan fingerprint density at radius 3 is 2.27 bits per heavy atom. The highest BCUT2D eigenvalue weighted by atomic mass is 16.4. The van der Waals surface area contributed by atoms with Gasteiger partial charge in [-0.3, -0.25) is 9.59 Å². The number of carboxylic acid groups (broad SMARTS) is 1. The lowest BCUT2D eigenvalue weighted by atomic mass is 10.1. The van der Waals surface area contributed by atoms with Crippen LogP contribution >= 0.6 is 0 Å². The highest BCUT2D eigenvalue weighted by Crippen LogP contribution is 2.12. The van der Waals surface area contributed by atoms with Gasteiger partial charge >= 0.3 is 5.97 Å². The van der Waals surface area contributed by atoms with Crippen molar-refractivity contribution in [1.82, 2.24) is 10.6 Å². The molecule has 120 valence electrons. The number of carbonyl (C=O) groups excluding carboxylic acids is 2. The van der Waals surface area contributed by atoms with Crippen LogP contribution in [0.15, 0.2) is 30.3 Å². The summed E-state index contributed by atoms with van der Waals surface area (Å²) in [5.41, 5.74) is 0.507. The second-order valence-corrected chi connectivity index (χ2v) is 5.45. The smallest absolute Gasteiger partial charge is 0.330 e. The summed E-state index contributed by atoms with van der Waals surface area (Å²) in [4.78, 5) is 34.5. The van der Waals surface area contributed by atoms with E-state index in [2.05, 4.69) is 10.6 Å². The molecule has 0 bridgehead atoms. The topological polar surface area (TPSA) is 95.5 Å². The summed E-state index contributed by atoms with van der Waals surface area (Å²) < 4.78 is 0. The van der Waals surface area contributed by atoms with Gasteiger partial charge < -0.3 is 15.7 Å². The monoisotopic (exact) mass is 306 g/mol. The molecule has 0 aliphatic carbocycles. The molecule has 0 radical (unpaired) electrons. The van der Waals surface area contributed by atoms with Gasteiger partial charge in [0, 0.05) is 19.4 Å². The summed E-state index contributed by atoms with van der Waals surface area (Å²) in [5.74, 6) is -1.39. The van der Waals surface area contributed by atoms with Crippen molar-refractivity contribution in [3.63, 3.8) is 0 Å². The summed E-state index contributed by atoms with van der Waals surface area (Å²) in [6, 6.07) is 7.40. The molecule has 0 aromatic heterocycles. The van der Waals surface area contributed by atoms with E-state index >= 15 is 0 Å². The molecule has 0 fully saturated rings. The Hall–Kier alpha value is -2.37. The molecule has 0 unspecified atom stereocenters. The molecule has 2 amide bonds. The lowest BCUT2D eigenvalue weighted by Crippen LogP contribution is -2.36. The van der Waals surface area contributed by atoms with Crippen molar-refractivity contribution in [2.75, 3.05) is 6.54 Å². The van der Waals surface area contributed by atoms with Crippen LogP contribution in [0.4, 0.5) is 0 Å². The van der Waals surface area contributed by atoms with Crippen molar-refractivity contribution in [2.24, 2.45) is 5.92 Å². The van der Waals surface area contributed by atoms with E-state index < -0.39 is 17.9 Å². The minimum Gasteiger partial charge on any atom is -0.479 e. The number of rotatable bonds is 8. The highest BCUT2D eigenvalue weighted by Gasteiger charge is 2.21. The van der Waals surface area contributed by atoms with Crippen molar-refractivity contribution >= 4 is 17.8 Å². The van der Waals surface area contributed by atoms with Crippen molar-refractivity contribution in [2.45, 2.75) is 32.7 Å². The van der Waals surface area contributed by atoms with Crippen LogP contribution in [0, 0.1) is 5.92 Å². The molecule has 0 saturated carbocycles. The van der Waals surface area contributed by atoms with Gasteiger partial charge in [-0.05, 0) is 11.5 Å². The van der Waals surface area contributed by atoms with Crippen molar-refractivity contribution < 1.29 is 19.5 Å². The van der Waals surface area contributed by atoms with Crippen LogP contribution in [0.3, 0.4) is 0 Å². The van der Waals surface area contributed by atoms with Gasteiger partial charge in [-0.25, -0.2) is 4.79 Å². The maximum absolute atomic E-state index is 11.8. The lowest BCUT2D eigenvalue weighted by Gasteiger charge is -2.15. The van der Waals surface area contributed by atoms with E-state index in [1.54, 1.807) is 30.3 Å². The van der Waals surface area contributed by atoms with Crippen LogP contribution < -0.4 is 10.6 Å². The molecule has 0 spiro atoms. The first kappa shape index (κ1) is 17.7. The summed E-state index contributed by atoms with van der Waals surface area (Å²) in [6.45, 7) is 4.06. The molecule has 6 heteroatoms. The largest absolute Gasteiger partial charge is 0.479 e. The van der Waals surface area contributed by atoms with Crippen molar-refractivity contribution in [3.05, 3.63) is 35.9 Å². The second kappa shape index (κ2) is 8.81. The number of benzene rings is 1. The fourth-order valence-electron chi connectivity index (χ4n) is 1.92. The predicted octanol–water partition coefficient (Wildman–Crippen LogP) is 1.48. The Morgan fingerprint density at radius 1 is 1.09 bits per heavy atom. The molecule has 0 heterocycles. The van der Waals surface area contributed by atoms with Crippen LogP contribution in [0.2, 0.25) is 0 Å². The molecule has 0 aliphatic heterocycles. The van der Waals surface area contributed by atoms with Crippen molar-refractivity contribution in [3.8, 4) is 0 Å². The zero-order chi connectivity index (χ0) is 16.5. The number of carbonyl (C=O) groups is 3. The normalized spacial score (nSPS) is 11.8. The Labute approximate surface area is 129 Å². The van der Waals surface area contributed by atoms with E-state index in [4.69, 9.17) is 0 Å². The fraction of sp³-hybridized carbons (Fsp3) is 0.438. The van der Waals surface area contributed by atoms with Gasteiger partial charge in [0.15, 0.2) is 6.04 Å². The average Bonchev–Trinajstić information content (AvgIpc) is 2.44. The van der Waals surface area contributed by atoms with E-state index in [1.165, 1.54) is 0 Å². The van der Waals surface area contributed by atoms with Gasteiger partial charge in [-0.15, -0.1) is 0 Å². The van der Waals surface area contributed by atoms with Gasteiger partial charge in [-0.1, -0.05) is 44.2 Å². The molecular formula is C16H22N2O4. The molecular weight excluding hydrogens is 284 g/mol. The molecule has 6 nitrogen and oxygen atoms in total. The Morgan fingerprint density at radius 2 is 1.73 bits per heavy atom. The summed E-state index contributed by atoms with van der Waals surface area (Å²) in [5, 5.41) is 14.3. The Bertz CT molecular complexity index is 514. The number of carboxylic acids is 1. The van der Waals surface area contributed by atoms with Crippen LogP contribution in [0.1, 0.15) is 38.3 Å². The minimum atomic E-state index is -1.12. The third-order valence-corrected chi connectivity index (χ3v) is 2.95. The third-order valence-electron chi connectivity index (χ3n) is 2.95. The second-order valence-electron chi connectivity index (χ2n) is 5.45. The zero-order valence-corrected chi connectivity index (χ0v) is 12.8. The molecule has 1 aromatic carbocycles. The number of hydrogen-bond donors (Lipinski definition) is 3. The van der Waals surface area contributed by atoms with Crippen molar-refractivity contribution in [1.29, 1.82) is 0 Å². The molecule has 0 saturated heterocycles.